The molecule has 3 aromatic rings. The summed E-state index contributed by atoms with van der Waals surface area (Å²) >= 11 is 5.84. The van der Waals surface area contributed by atoms with Crippen LogP contribution in [0.15, 0.2) is 24.3 Å². The molecule has 2 heterocycles. The number of fused-ring (bicyclic) bond motifs is 1. The van der Waals surface area contributed by atoms with Crippen molar-refractivity contribution in [3.63, 3.8) is 0 Å². The number of nitrogens with one attached hydrogen (secondary N) is 2. The van der Waals surface area contributed by atoms with E-state index in [0.29, 0.717) is 5.82 Å². The highest BCUT2D eigenvalue weighted by Crippen LogP contribution is 2.21. The van der Waals surface area contributed by atoms with Crippen molar-refractivity contribution in [1.82, 2.24) is 19.9 Å². The van der Waals surface area contributed by atoms with Crippen LogP contribution in [0.3, 0.4) is 0 Å². The van der Waals surface area contributed by atoms with Gasteiger partial charge in [-0.05, 0) is 43.6 Å². The minimum absolute atomic E-state index is 0.237. The Morgan fingerprint density at radius 3 is 2.74 bits per heavy atom. The Morgan fingerprint density at radius 2 is 1.95 bits per heavy atom. The van der Waals surface area contributed by atoms with Crippen LogP contribution in [0.2, 0.25) is 5.28 Å². The van der Waals surface area contributed by atoms with Crippen LogP contribution in [0.5, 0.6) is 0 Å². The lowest BCUT2D eigenvalue weighted by Gasteiger charge is -2.06. The van der Waals surface area contributed by atoms with Crippen LogP contribution >= 0.6 is 11.6 Å². The molecule has 96 valence electrons. The Morgan fingerprint density at radius 1 is 1.11 bits per heavy atom. The second kappa shape index (κ2) is 4.51. The zero-order valence-electron chi connectivity index (χ0n) is 10.5. The van der Waals surface area contributed by atoms with Crippen molar-refractivity contribution in [2.75, 3.05) is 5.32 Å². The van der Waals surface area contributed by atoms with Gasteiger partial charge in [-0.3, -0.25) is 0 Å². The second-order valence-electron chi connectivity index (χ2n) is 4.34. The summed E-state index contributed by atoms with van der Waals surface area (Å²) in [6.07, 6.45) is 0. The Balaban J connectivity index is 1.95. The van der Waals surface area contributed by atoms with Gasteiger partial charge in [0.05, 0.1) is 11.0 Å². The molecule has 0 saturated heterocycles. The quantitative estimate of drug-likeness (QED) is 0.703. The maximum atomic E-state index is 5.84. The summed E-state index contributed by atoms with van der Waals surface area (Å²) < 4.78 is 0. The molecule has 0 unspecified atom stereocenters. The number of aromatic nitrogens is 4. The first-order valence-electron chi connectivity index (χ1n) is 5.85. The van der Waals surface area contributed by atoms with Crippen LogP contribution in [-0.2, 0) is 0 Å². The fraction of sp³-hybridized carbons (Fsp3) is 0.154. The van der Waals surface area contributed by atoms with E-state index in [1.54, 1.807) is 0 Å². The van der Waals surface area contributed by atoms with Crippen LogP contribution in [-0.4, -0.2) is 19.9 Å². The van der Waals surface area contributed by atoms with Crippen molar-refractivity contribution in [1.29, 1.82) is 0 Å². The normalized spacial score (nSPS) is 10.9. The standard InChI is InChI=1S/C13H12ClN5/c1-7-5-12(19-13(14)15-7)18-9-3-4-10-11(6-9)17-8(2)16-10/h3-6H,1-2H3,(H,16,17)(H,15,18,19). The van der Waals surface area contributed by atoms with Crippen molar-refractivity contribution < 1.29 is 0 Å². The van der Waals surface area contributed by atoms with Gasteiger partial charge in [0.2, 0.25) is 5.28 Å². The number of nitrogens with zero attached hydrogens (tertiary/aromatic N) is 3. The maximum Gasteiger partial charge on any atom is 0.224 e. The lowest BCUT2D eigenvalue weighted by Crippen LogP contribution is -1.96. The number of H-pyrrole nitrogens is 1. The van der Waals surface area contributed by atoms with Crippen molar-refractivity contribution in [2.24, 2.45) is 0 Å². The van der Waals surface area contributed by atoms with Gasteiger partial charge in [0.15, 0.2) is 0 Å². The third kappa shape index (κ3) is 2.51. The van der Waals surface area contributed by atoms with Crippen LogP contribution in [0.4, 0.5) is 11.5 Å². The molecule has 2 aromatic heterocycles. The highest BCUT2D eigenvalue weighted by molar-refractivity contribution is 6.28. The summed E-state index contributed by atoms with van der Waals surface area (Å²) in [4.78, 5) is 15.7. The molecule has 3 rings (SSSR count). The molecule has 0 aliphatic carbocycles. The molecule has 6 heteroatoms. The van der Waals surface area contributed by atoms with E-state index in [4.69, 9.17) is 11.6 Å². The summed E-state index contributed by atoms with van der Waals surface area (Å²) in [6.45, 7) is 3.81. The minimum atomic E-state index is 0.237. The number of halogens is 1. The van der Waals surface area contributed by atoms with E-state index in [1.807, 2.05) is 38.1 Å². The zero-order valence-corrected chi connectivity index (χ0v) is 11.3. The molecule has 2 N–H and O–H groups in total. The van der Waals surface area contributed by atoms with Crippen molar-refractivity contribution in [2.45, 2.75) is 13.8 Å². The van der Waals surface area contributed by atoms with Crippen molar-refractivity contribution in [3.8, 4) is 0 Å². The Hall–Kier alpha value is -2.14. The number of hydrogen-bond donors (Lipinski definition) is 2. The molecule has 0 spiro atoms. The fourth-order valence-corrected chi connectivity index (χ4v) is 2.18. The molecule has 19 heavy (non-hydrogen) atoms. The Labute approximate surface area is 115 Å². The van der Waals surface area contributed by atoms with Crippen LogP contribution in [0.25, 0.3) is 11.0 Å². The highest BCUT2D eigenvalue weighted by Gasteiger charge is 2.03. The fourth-order valence-electron chi connectivity index (χ4n) is 1.96. The van der Waals surface area contributed by atoms with Gasteiger partial charge in [-0.25, -0.2) is 15.0 Å². The molecule has 5 nitrogen and oxygen atoms in total. The number of aryl methyl sites for hydroxylation is 2. The van der Waals surface area contributed by atoms with Gasteiger partial charge in [-0.15, -0.1) is 0 Å². The summed E-state index contributed by atoms with van der Waals surface area (Å²) in [5.74, 6) is 1.57. The van der Waals surface area contributed by atoms with Crippen LogP contribution in [0.1, 0.15) is 11.5 Å². The number of imidazole rings is 1. The summed E-state index contributed by atoms with van der Waals surface area (Å²) in [6, 6.07) is 7.74. The molecule has 0 bridgehead atoms. The summed E-state index contributed by atoms with van der Waals surface area (Å²) in [5.41, 5.74) is 3.67. The molecular weight excluding hydrogens is 262 g/mol. The first kappa shape index (κ1) is 11.9. The predicted octanol–water partition coefficient (Wildman–Crippen LogP) is 3.37. The van der Waals surface area contributed by atoms with E-state index >= 15 is 0 Å². The lowest BCUT2D eigenvalue weighted by molar-refractivity contribution is 1.10. The Kier molecular flexibility index (Phi) is 2.83. The molecule has 0 amide bonds. The van der Waals surface area contributed by atoms with E-state index in [1.165, 1.54) is 0 Å². The molecular formula is C13H12ClN5. The third-order valence-corrected chi connectivity index (χ3v) is 2.87. The number of anilines is 2. The average molecular weight is 274 g/mol. The molecule has 0 fully saturated rings. The topological polar surface area (TPSA) is 66.5 Å². The first-order chi connectivity index (χ1) is 9.10. The van der Waals surface area contributed by atoms with Gasteiger partial charge in [0.25, 0.3) is 0 Å². The van der Waals surface area contributed by atoms with E-state index in [9.17, 15) is 0 Å². The molecule has 0 aliphatic heterocycles. The van der Waals surface area contributed by atoms with Crippen LogP contribution in [0, 0.1) is 13.8 Å². The number of hydrogen-bond acceptors (Lipinski definition) is 4. The van der Waals surface area contributed by atoms with Crippen LogP contribution < -0.4 is 5.32 Å². The first-order valence-corrected chi connectivity index (χ1v) is 6.22. The van der Waals surface area contributed by atoms with Gasteiger partial charge in [0, 0.05) is 17.4 Å². The maximum absolute atomic E-state index is 5.84. The van der Waals surface area contributed by atoms with E-state index in [2.05, 4.69) is 25.3 Å². The van der Waals surface area contributed by atoms with Crippen molar-refractivity contribution in [3.05, 3.63) is 41.1 Å². The number of rotatable bonds is 2. The lowest BCUT2D eigenvalue weighted by atomic mass is 10.2. The Bertz CT molecular complexity index is 730. The SMILES string of the molecule is Cc1cc(Nc2ccc3nc(C)[nH]c3c2)nc(Cl)n1. The van der Waals surface area contributed by atoms with Gasteiger partial charge in [-0.1, -0.05) is 0 Å². The summed E-state index contributed by atoms with van der Waals surface area (Å²) in [7, 11) is 0. The molecule has 0 atom stereocenters. The third-order valence-electron chi connectivity index (χ3n) is 2.70. The average Bonchev–Trinajstić information content (AvgIpc) is 2.67. The molecule has 0 saturated carbocycles. The predicted molar refractivity (Wildman–Crippen MR) is 75.9 cm³/mol. The van der Waals surface area contributed by atoms with Gasteiger partial charge < -0.3 is 10.3 Å². The number of benzene rings is 1. The van der Waals surface area contributed by atoms with E-state index in [0.717, 1.165) is 28.2 Å². The smallest absolute Gasteiger partial charge is 0.224 e. The van der Waals surface area contributed by atoms with E-state index in [-0.39, 0.29) is 5.28 Å². The highest BCUT2D eigenvalue weighted by atomic mass is 35.5. The molecule has 0 aliphatic rings. The van der Waals surface area contributed by atoms with Crippen molar-refractivity contribution >= 4 is 34.1 Å². The minimum Gasteiger partial charge on any atom is -0.342 e. The van der Waals surface area contributed by atoms with E-state index < -0.39 is 0 Å². The summed E-state index contributed by atoms with van der Waals surface area (Å²) in [5, 5.41) is 3.44. The van der Waals surface area contributed by atoms with Gasteiger partial charge >= 0.3 is 0 Å². The number of aromatic amines is 1. The zero-order chi connectivity index (χ0) is 13.4. The molecule has 1 aromatic carbocycles. The largest absolute Gasteiger partial charge is 0.342 e. The van der Waals surface area contributed by atoms with Gasteiger partial charge in [-0.2, -0.15) is 0 Å². The second-order valence-corrected chi connectivity index (χ2v) is 4.68. The van der Waals surface area contributed by atoms with Gasteiger partial charge in [0.1, 0.15) is 11.6 Å². The monoisotopic (exact) mass is 273 g/mol. The molecule has 0 radical (unpaired) electrons.